The van der Waals surface area contributed by atoms with E-state index in [1.54, 1.807) is 6.21 Å². The van der Waals surface area contributed by atoms with Gasteiger partial charge in [0.25, 0.3) is 5.56 Å². The monoisotopic (exact) mass is 361 g/mol. The fraction of sp³-hybridized carbons (Fsp3) is 0.190. The van der Waals surface area contributed by atoms with Crippen molar-refractivity contribution in [1.82, 2.24) is 9.97 Å². The van der Waals surface area contributed by atoms with Crippen LogP contribution in [0.4, 0.5) is 11.6 Å². The Bertz CT molecular complexity index is 944. The van der Waals surface area contributed by atoms with Crippen LogP contribution in [0.5, 0.6) is 0 Å². The van der Waals surface area contributed by atoms with Crippen molar-refractivity contribution in [1.29, 1.82) is 0 Å². The molecule has 0 bridgehead atoms. The van der Waals surface area contributed by atoms with Crippen LogP contribution in [0.3, 0.4) is 0 Å². The molecule has 0 fully saturated rings. The molecule has 138 valence electrons. The summed E-state index contributed by atoms with van der Waals surface area (Å²) in [4.78, 5) is 21.2. The molecule has 0 aliphatic carbocycles. The summed E-state index contributed by atoms with van der Waals surface area (Å²) in [6.07, 6.45) is 1.70. The summed E-state index contributed by atoms with van der Waals surface area (Å²) in [5, 5.41) is 4.18. The number of nitrogens with zero attached hydrogens (tertiary/aromatic N) is 3. The minimum atomic E-state index is -0.231. The van der Waals surface area contributed by atoms with Crippen molar-refractivity contribution in [3.63, 3.8) is 0 Å². The fourth-order valence-electron chi connectivity index (χ4n) is 2.80. The number of hydrogen-bond donors (Lipinski definition) is 2. The van der Waals surface area contributed by atoms with Crippen LogP contribution in [0, 0.1) is 0 Å². The molecule has 1 heterocycles. The maximum atomic E-state index is 11.9. The van der Waals surface area contributed by atoms with E-state index in [4.69, 9.17) is 0 Å². The second-order valence-electron chi connectivity index (χ2n) is 5.98. The van der Waals surface area contributed by atoms with Crippen molar-refractivity contribution in [2.24, 2.45) is 5.10 Å². The maximum absolute atomic E-state index is 11.9. The Morgan fingerprint density at radius 2 is 1.78 bits per heavy atom. The van der Waals surface area contributed by atoms with E-state index in [0.717, 1.165) is 24.2 Å². The van der Waals surface area contributed by atoms with Crippen LogP contribution in [0.15, 0.2) is 70.6 Å². The van der Waals surface area contributed by atoms with Gasteiger partial charge in [0.2, 0.25) is 5.95 Å². The van der Waals surface area contributed by atoms with Gasteiger partial charge in [-0.15, -0.1) is 0 Å². The minimum absolute atomic E-state index is 0.231. The Balaban J connectivity index is 1.71. The van der Waals surface area contributed by atoms with E-state index >= 15 is 0 Å². The third kappa shape index (κ3) is 4.82. The summed E-state index contributed by atoms with van der Waals surface area (Å²) < 4.78 is 0. The van der Waals surface area contributed by atoms with Crippen LogP contribution in [-0.4, -0.2) is 29.3 Å². The molecule has 3 rings (SSSR count). The summed E-state index contributed by atoms with van der Waals surface area (Å²) in [5.74, 6) is 0.303. The molecule has 2 aromatic carbocycles. The van der Waals surface area contributed by atoms with Crippen molar-refractivity contribution < 1.29 is 0 Å². The molecule has 1 aromatic heterocycles. The lowest BCUT2D eigenvalue weighted by Crippen LogP contribution is -2.21. The number of hydrogen-bond acceptors (Lipinski definition) is 5. The Hall–Kier alpha value is -3.41. The van der Waals surface area contributed by atoms with Gasteiger partial charge in [0.15, 0.2) is 0 Å². The van der Waals surface area contributed by atoms with E-state index in [0.29, 0.717) is 11.6 Å². The van der Waals surface area contributed by atoms with E-state index in [-0.39, 0.29) is 5.56 Å². The first-order valence-electron chi connectivity index (χ1n) is 9.00. The van der Waals surface area contributed by atoms with Crippen molar-refractivity contribution in [3.05, 3.63) is 76.6 Å². The van der Waals surface area contributed by atoms with Crippen molar-refractivity contribution in [3.8, 4) is 11.3 Å². The number of aromatic amines is 1. The minimum Gasteiger partial charge on any atom is -0.372 e. The van der Waals surface area contributed by atoms with Crippen molar-refractivity contribution in [2.45, 2.75) is 13.8 Å². The van der Waals surface area contributed by atoms with Crippen LogP contribution in [0.25, 0.3) is 11.3 Å². The topological polar surface area (TPSA) is 73.4 Å². The first-order chi connectivity index (χ1) is 13.2. The number of hydrazone groups is 1. The summed E-state index contributed by atoms with van der Waals surface area (Å²) in [5.41, 5.74) is 6.19. The number of benzene rings is 2. The molecule has 0 amide bonds. The molecule has 2 N–H and O–H groups in total. The van der Waals surface area contributed by atoms with Crippen LogP contribution >= 0.6 is 0 Å². The summed E-state index contributed by atoms with van der Waals surface area (Å²) in [6, 6.07) is 19.2. The molecule has 0 atom stereocenters. The molecular formula is C21H23N5O. The van der Waals surface area contributed by atoms with Gasteiger partial charge in [0.1, 0.15) is 0 Å². The standard InChI is InChI=1S/C21H23N5O/c1-3-26(4-2)18-12-10-16(11-13-18)15-22-25-21-23-19(14-20(27)24-21)17-8-6-5-7-9-17/h5-15H,3-4H2,1-2H3,(H2,23,24,25,27)/b22-15-. The highest BCUT2D eigenvalue weighted by atomic mass is 16.1. The molecule has 6 nitrogen and oxygen atoms in total. The van der Waals surface area contributed by atoms with Gasteiger partial charge in [0.05, 0.1) is 11.9 Å². The Labute approximate surface area is 158 Å². The number of anilines is 2. The molecule has 0 radical (unpaired) electrons. The first kappa shape index (κ1) is 18.4. The van der Waals surface area contributed by atoms with Gasteiger partial charge in [0, 0.05) is 30.4 Å². The molecule has 0 unspecified atom stereocenters. The summed E-state index contributed by atoms with van der Waals surface area (Å²) in [6.45, 7) is 6.23. The van der Waals surface area contributed by atoms with E-state index in [1.165, 1.54) is 11.8 Å². The molecule has 0 aliphatic rings. The van der Waals surface area contributed by atoms with Gasteiger partial charge >= 0.3 is 0 Å². The van der Waals surface area contributed by atoms with E-state index < -0.39 is 0 Å². The van der Waals surface area contributed by atoms with E-state index in [9.17, 15) is 4.79 Å². The lowest BCUT2D eigenvalue weighted by Gasteiger charge is -2.20. The molecule has 3 aromatic rings. The first-order valence-corrected chi connectivity index (χ1v) is 9.00. The average molecular weight is 361 g/mol. The third-order valence-corrected chi connectivity index (χ3v) is 4.22. The smallest absolute Gasteiger partial charge is 0.252 e. The quantitative estimate of drug-likeness (QED) is 0.497. The predicted octanol–water partition coefficient (Wildman–Crippen LogP) is 3.73. The maximum Gasteiger partial charge on any atom is 0.252 e. The number of H-pyrrole nitrogens is 1. The fourth-order valence-corrected chi connectivity index (χ4v) is 2.80. The molecular weight excluding hydrogens is 338 g/mol. The van der Waals surface area contributed by atoms with Crippen LogP contribution < -0.4 is 15.9 Å². The lowest BCUT2D eigenvalue weighted by molar-refractivity contribution is 0.866. The molecule has 0 aliphatic heterocycles. The van der Waals surface area contributed by atoms with E-state index in [1.807, 2.05) is 42.5 Å². The molecule has 27 heavy (non-hydrogen) atoms. The summed E-state index contributed by atoms with van der Waals surface area (Å²) >= 11 is 0. The number of nitrogens with one attached hydrogen (secondary N) is 2. The molecule has 6 heteroatoms. The molecule has 0 spiro atoms. The van der Waals surface area contributed by atoms with Gasteiger partial charge in [-0.1, -0.05) is 42.5 Å². The Kier molecular flexibility index (Phi) is 5.99. The van der Waals surface area contributed by atoms with Gasteiger partial charge in [-0.25, -0.2) is 10.4 Å². The van der Waals surface area contributed by atoms with Crippen LogP contribution in [0.2, 0.25) is 0 Å². The SMILES string of the molecule is CCN(CC)c1ccc(/C=N\Nc2nc(-c3ccccc3)cc(=O)[nH]2)cc1. The molecule has 0 saturated carbocycles. The molecule has 0 saturated heterocycles. The average Bonchev–Trinajstić information content (AvgIpc) is 2.70. The normalized spacial score (nSPS) is 10.9. The van der Waals surface area contributed by atoms with Crippen molar-refractivity contribution in [2.75, 3.05) is 23.4 Å². The number of rotatable bonds is 7. The van der Waals surface area contributed by atoms with E-state index in [2.05, 4.69) is 51.4 Å². The summed E-state index contributed by atoms with van der Waals surface area (Å²) in [7, 11) is 0. The highest BCUT2D eigenvalue weighted by molar-refractivity contribution is 5.80. The van der Waals surface area contributed by atoms with Gasteiger partial charge in [-0.05, 0) is 31.5 Å². The second-order valence-corrected chi connectivity index (χ2v) is 5.98. The Morgan fingerprint density at radius 1 is 1.07 bits per heavy atom. The zero-order valence-electron chi connectivity index (χ0n) is 15.5. The predicted molar refractivity (Wildman–Crippen MR) is 112 cm³/mol. The van der Waals surface area contributed by atoms with Crippen LogP contribution in [0.1, 0.15) is 19.4 Å². The zero-order chi connectivity index (χ0) is 19.1. The van der Waals surface area contributed by atoms with Gasteiger partial charge in [-0.2, -0.15) is 5.10 Å². The van der Waals surface area contributed by atoms with Crippen LogP contribution in [-0.2, 0) is 0 Å². The lowest BCUT2D eigenvalue weighted by atomic mass is 10.1. The highest BCUT2D eigenvalue weighted by Crippen LogP contribution is 2.16. The van der Waals surface area contributed by atoms with Crippen molar-refractivity contribution >= 4 is 17.9 Å². The Morgan fingerprint density at radius 3 is 2.44 bits per heavy atom. The third-order valence-electron chi connectivity index (χ3n) is 4.22. The largest absolute Gasteiger partial charge is 0.372 e. The second kappa shape index (κ2) is 8.80. The van der Waals surface area contributed by atoms with Gasteiger partial charge in [-0.3, -0.25) is 9.78 Å². The number of aromatic nitrogens is 2. The zero-order valence-corrected chi connectivity index (χ0v) is 15.5. The highest BCUT2D eigenvalue weighted by Gasteiger charge is 2.03. The van der Waals surface area contributed by atoms with Gasteiger partial charge < -0.3 is 4.90 Å².